The van der Waals surface area contributed by atoms with E-state index in [-0.39, 0.29) is 5.82 Å². The second-order valence-corrected chi connectivity index (χ2v) is 6.37. The minimum Gasteiger partial charge on any atom is -0.495 e. The fourth-order valence-corrected chi connectivity index (χ4v) is 3.39. The molecule has 1 atom stereocenters. The predicted octanol–water partition coefficient (Wildman–Crippen LogP) is 3.59. The van der Waals surface area contributed by atoms with Gasteiger partial charge in [-0.1, -0.05) is 24.3 Å². The smallest absolute Gasteiger partial charge is 0.142 e. The second kappa shape index (κ2) is 7.67. The summed E-state index contributed by atoms with van der Waals surface area (Å²) >= 11 is 0. The summed E-state index contributed by atoms with van der Waals surface area (Å²) in [4.78, 5) is 4.90. The minimum absolute atomic E-state index is 0.170. The van der Waals surface area contributed by atoms with Crippen molar-refractivity contribution in [2.75, 3.05) is 38.2 Å². The van der Waals surface area contributed by atoms with Crippen LogP contribution in [0.4, 0.5) is 10.1 Å². The molecule has 1 aliphatic heterocycles. The molecule has 1 aliphatic rings. The quantitative estimate of drug-likeness (QED) is 0.834. The number of benzene rings is 2. The van der Waals surface area contributed by atoms with E-state index in [9.17, 15) is 4.39 Å². The first-order chi connectivity index (χ1) is 11.7. The van der Waals surface area contributed by atoms with E-state index in [2.05, 4.69) is 28.9 Å². The van der Waals surface area contributed by atoms with Crippen molar-refractivity contribution >= 4 is 5.69 Å². The van der Waals surface area contributed by atoms with Gasteiger partial charge in [0.15, 0.2) is 0 Å². The van der Waals surface area contributed by atoms with Gasteiger partial charge in [0.1, 0.15) is 11.6 Å². The van der Waals surface area contributed by atoms with Gasteiger partial charge in [-0.25, -0.2) is 4.39 Å². The summed E-state index contributed by atoms with van der Waals surface area (Å²) < 4.78 is 18.5. The summed E-state index contributed by atoms with van der Waals surface area (Å²) in [5.74, 6) is 0.766. The number of anilines is 1. The summed E-state index contributed by atoms with van der Waals surface area (Å²) in [5.41, 5.74) is 2.36. The van der Waals surface area contributed by atoms with Crippen LogP contribution >= 0.6 is 0 Å². The molecule has 0 unspecified atom stereocenters. The molecule has 3 nitrogen and oxygen atoms in total. The van der Waals surface area contributed by atoms with Gasteiger partial charge < -0.3 is 9.64 Å². The van der Waals surface area contributed by atoms with Gasteiger partial charge in [0.25, 0.3) is 0 Å². The Labute approximate surface area is 143 Å². The highest BCUT2D eigenvalue weighted by Gasteiger charge is 2.22. The molecule has 0 amide bonds. The molecule has 0 aliphatic carbocycles. The molecule has 2 aromatic carbocycles. The van der Waals surface area contributed by atoms with Gasteiger partial charge in [0, 0.05) is 32.2 Å². The van der Waals surface area contributed by atoms with Crippen LogP contribution in [-0.4, -0.2) is 44.2 Å². The SMILES string of the molecule is COc1ccccc1N1CCN([C@@H](C)Cc2ccc(F)cc2)CC1. The maximum Gasteiger partial charge on any atom is 0.142 e. The predicted molar refractivity (Wildman–Crippen MR) is 96.3 cm³/mol. The lowest BCUT2D eigenvalue weighted by atomic mass is 10.0. The van der Waals surface area contributed by atoms with Crippen LogP contribution in [0.1, 0.15) is 12.5 Å². The van der Waals surface area contributed by atoms with Crippen molar-refractivity contribution in [3.8, 4) is 5.75 Å². The van der Waals surface area contributed by atoms with E-state index in [1.54, 1.807) is 19.2 Å². The molecule has 1 heterocycles. The van der Waals surface area contributed by atoms with Crippen molar-refractivity contribution in [1.29, 1.82) is 0 Å². The lowest BCUT2D eigenvalue weighted by Gasteiger charge is -2.39. The molecule has 4 heteroatoms. The van der Waals surface area contributed by atoms with Crippen LogP contribution in [0.3, 0.4) is 0 Å². The monoisotopic (exact) mass is 328 g/mol. The molecular formula is C20H25FN2O. The Balaban J connectivity index is 1.57. The minimum atomic E-state index is -0.170. The van der Waals surface area contributed by atoms with Crippen LogP contribution < -0.4 is 9.64 Å². The largest absolute Gasteiger partial charge is 0.495 e. The molecule has 0 bridgehead atoms. The zero-order valence-electron chi connectivity index (χ0n) is 14.4. The fourth-order valence-electron chi connectivity index (χ4n) is 3.39. The molecule has 128 valence electrons. The maximum atomic E-state index is 13.0. The van der Waals surface area contributed by atoms with Crippen LogP contribution in [0.5, 0.6) is 5.75 Å². The van der Waals surface area contributed by atoms with E-state index in [0.29, 0.717) is 6.04 Å². The molecule has 2 aromatic rings. The molecule has 24 heavy (non-hydrogen) atoms. The lowest BCUT2D eigenvalue weighted by Crippen LogP contribution is -2.50. The Morgan fingerprint density at radius 1 is 1.00 bits per heavy atom. The van der Waals surface area contributed by atoms with E-state index in [1.165, 1.54) is 11.3 Å². The number of halogens is 1. The number of ether oxygens (including phenoxy) is 1. The number of piperazine rings is 1. The van der Waals surface area contributed by atoms with Crippen molar-refractivity contribution < 1.29 is 9.13 Å². The molecule has 3 rings (SSSR count). The summed E-state index contributed by atoms with van der Waals surface area (Å²) in [6.07, 6.45) is 0.953. The standard InChI is InChI=1S/C20H25FN2O/c1-16(15-17-7-9-18(21)10-8-17)22-11-13-23(14-12-22)19-5-3-4-6-20(19)24-2/h3-10,16H,11-15H2,1-2H3/t16-/m0/s1. The fraction of sp³-hybridized carbons (Fsp3) is 0.400. The van der Waals surface area contributed by atoms with Gasteiger partial charge in [-0.3, -0.25) is 4.90 Å². The van der Waals surface area contributed by atoms with Gasteiger partial charge in [-0.2, -0.15) is 0 Å². The Morgan fingerprint density at radius 3 is 2.33 bits per heavy atom. The lowest BCUT2D eigenvalue weighted by molar-refractivity contribution is 0.195. The van der Waals surface area contributed by atoms with Gasteiger partial charge in [0.05, 0.1) is 12.8 Å². The van der Waals surface area contributed by atoms with Crippen molar-refractivity contribution in [2.24, 2.45) is 0 Å². The van der Waals surface area contributed by atoms with Crippen LogP contribution in [-0.2, 0) is 6.42 Å². The Morgan fingerprint density at radius 2 is 1.67 bits per heavy atom. The van der Waals surface area contributed by atoms with E-state index in [0.717, 1.165) is 38.3 Å². The summed E-state index contributed by atoms with van der Waals surface area (Å²) in [5, 5.41) is 0. The summed E-state index contributed by atoms with van der Waals surface area (Å²) in [6, 6.07) is 15.5. The Hall–Kier alpha value is -2.07. The maximum absolute atomic E-state index is 13.0. The third-order valence-corrected chi connectivity index (χ3v) is 4.81. The molecule has 0 spiro atoms. The van der Waals surface area contributed by atoms with Crippen LogP contribution in [0.2, 0.25) is 0 Å². The second-order valence-electron chi connectivity index (χ2n) is 6.37. The number of para-hydroxylation sites is 2. The number of nitrogens with zero attached hydrogens (tertiary/aromatic N) is 2. The van der Waals surface area contributed by atoms with E-state index < -0.39 is 0 Å². The third-order valence-electron chi connectivity index (χ3n) is 4.81. The first-order valence-corrected chi connectivity index (χ1v) is 8.54. The average Bonchev–Trinajstić information content (AvgIpc) is 2.63. The normalized spacial score (nSPS) is 16.9. The molecule has 0 saturated carbocycles. The number of hydrogen-bond donors (Lipinski definition) is 0. The number of methoxy groups -OCH3 is 1. The Bertz CT molecular complexity index is 651. The van der Waals surface area contributed by atoms with E-state index in [4.69, 9.17) is 4.74 Å². The van der Waals surface area contributed by atoms with Gasteiger partial charge >= 0.3 is 0 Å². The zero-order valence-corrected chi connectivity index (χ0v) is 14.4. The highest BCUT2D eigenvalue weighted by atomic mass is 19.1. The van der Waals surface area contributed by atoms with E-state index >= 15 is 0 Å². The van der Waals surface area contributed by atoms with Gasteiger partial charge in [0.2, 0.25) is 0 Å². The van der Waals surface area contributed by atoms with Gasteiger partial charge in [-0.05, 0) is 43.2 Å². The Kier molecular flexibility index (Phi) is 5.36. The van der Waals surface area contributed by atoms with Crippen LogP contribution in [0, 0.1) is 5.82 Å². The van der Waals surface area contributed by atoms with Crippen molar-refractivity contribution in [1.82, 2.24) is 4.90 Å². The molecule has 1 fully saturated rings. The number of hydrogen-bond acceptors (Lipinski definition) is 3. The zero-order chi connectivity index (χ0) is 16.9. The molecule has 0 N–H and O–H groups in total. The highest BCUT2D eigenvalue weighted by molar-refractivity contribution is 5.58. The first kappa shape index (κ1) is 16.8. The summed E-state index contributed by atoms with van der Waals surface area (Å²) in [6.45, 7) is 6.30. The molecular weight excluding hydrogens is 303 g/mol. The first-order valence-electron chi connectivity index (χ1n) is 8.54. The average molecular weight is 328 g/mol. The number of rotatable bonds is 5. The van der Waals surface area contributed by atoms with Crippen LogP contribution in [0.25, 0.3) is 0 Å². The molecule has 0 radical (unpaired) electrons. The third kappa shape index (κ3) is 3.88. The van der Waals surface area contributed by atoms with Crippen molar-refractivity contribution in [3.05, 3.63) is 59.9 Å². The van der Waals surface area contributed by atoms with Crippen molar-refractivity contribution in [3.63, 3.8) is 0 Å². The van der Waals surface area contributed by atoms with Gasteiger partial charge in [-0.15, -0.1) is 0 Å². The topological polar surface area (TPSA) is 15.7 Å². The molecule has 1 saturated heterocycles. The highest BCUT2D eigenvalue weighted by Crippen LogP contribution is 2.28. The summed E-state index contributed by atoms with van der Waals surface area (Å²) in [7, 11) is 1.72. The van der Waals surface area contributed by atoms with Crippen LogP contribution in [0.15, 0.2) is 48.5 Å². The molecule has 0 aromatic heterocycles. The van der Waals surface area contributed by atoms with Crippen molar-refractivity contribution in [2.45, 2.75) is 19.4 Å². The van der Waals surface area contributed by atoms with E-state index in [1.807, 2.05) is 24.3 Å².